The Labute approximate surface area is 233 Å². The molecule has 16 nitrogen and oxygen atoms in total. The van der Waals surface area contributed by atoms with Crippen LogP contribution in [0.2, 0.25) is 0 Å². The number of primary amides is 2. The van der Waals surface area contributed by atoms with Gasteiger partial charge >= 0.3 is 11.9 Å². The van der Waals surface area contributed by atoms with Crippen LogP contribution in [-0.4, -0.2) is 80.8 Å². The summed E-state index contributed by atoms with van der Waals surface area (Å²) in [5.41, 5.74) is 17.3. The summed E-state index contributed by atoms with van der Waals surface area (Å²) in [4.78, 5) is 87.1. The van der Waals surface area contributed by atoms with Crippen LogP contribution in [-0.2, 0) is 40.0 Å². The van der Waals surface area contributed by atoms with Gasteiger partial charge in [-0.2, -0.15) is 0 Å². The average molecular weight is 576 g/mol. The summed E-state index contributed by atoms with van der Waals surface area (Å²) in [6, 6.07) is 1.26. The van der Waals surface area contributed by atoms with Gasteiger partial charge in [-0.3, -0.25) is 28.8 Å². The zero-order chi connectivity index (χ0) is 30.7. The summed E-state index contributed by atoms with van der Waals surface area (Å²) >= 11 is 0. The highest BCUT2D eigenvalue weighted by atomic mass is 16.4. The fraction of sp³-hybridized carbons (Fsp3) is 0.400. The highest BCUT2D eigenvalue weighted by molar-refractivity contribution is 5.95. The van der Waals surface area contributed by atoms with E-state index >= 15 is 0 Å². The van der Waals surface area contributed by atoms with E-state index in [9.17, 15) is 38.7 Å². The fourth-order valence-electron chi connectivity index (χ4n) is 3.93. The fourth-order valence-corrected chi connectivity index (χ4v) is 3.93. The molecule has 0 radical (unpaired) electrons. The zero-order valence-corrected chi connectivity index (χ0v) is 21.9. The third-order valence-electron chi connectivity index (χ3n) is 6.07. The molecule has 4 atom stereocenters. The number of aromatic amines is 1. The minimum Gasteiger partial charge on any atom is -0.481 e. The maximum Gasteiger partial charge on any atom is 0.326 e. The second-order valence-corrected chi connectivity index (χ2v) is 9.30. The van der Waals surface area contributed by atoms with E-state index in [0.29, 0.717) is 5.56 Å². The summed E-state index contributed by atoms with van der Waals surface area (Å²) in [7, 11) is 0. The maximum atomic E-state index is 13.4. The number of H-pyrrole nitrogens is 1. The molecule has 1 heterocycles. The molecule has 41 heavy (non-hydrogen) atoms. The number of rotatable bonds is 17. The smallest absolute Gasteiger partial charge is 0.326 e. The van der Waals surface area contributed by atoms with Crippen LogP contribution in [0.25, 0.3) is 10.9 Å². The molecule has 5 amide bonds. The Hall–Kier alpha value is -4.99. The molecular formula is C25H33N7O9. The number of para-hydroxylation sites is 1. The first-order chi connectivity index (χ1) is 19.3. The van der Waals surface area contributed by atoms with Crippen LogP contribution in [0.5, 0.6) is 0 Å². The van der Waals surface area contributed by atoms with Crippen LogP contribution in [0.4, 0.5) is 0 Å². The molecule has 0 saturated heterocycles. The van der Waals surface area contributed by atoms with Gasteiger partial charge in [0.2, 0.25) is 29.5 Å². The summed E-state index contributed by atoms with van der Waals surface area (Å²) in [5.74, 6) is -7.22. The van der Waals surface area contributed by atoms with E-state index < -0.39 is 72.1 Å². The number of benzene rings is 1. The molecule has 2 aromatic rings. The molecule has 222 valence electrons. The van der Waals surface area contributed by atoms with Gasteiger partial charge in [-0.25, -0.2) is 4.79 Å². The van der Waals surface area contributed by atoms with Gasteiger partial charge in [0.25, 0.3) is 0 Å². The van der Waals surface area contributed by atoms with Crippen molar-refractivity contribution in [3.05, 3.63) is 36.0 Å². The molecule has 12 N–H and O–H groups in total. The van der Waals surface area contributed by atoms with E-state index in [4.69, 9.17) is 22.3 Å². The number of aliphatic carboxylic acids is 2. The van der Waals surface area contributed by atoms with Crippen LogP contribution in [0.1, 0.15) is 37.7 Å². The molecule has 16 heteroatoms. The quantitative estimate of drug-likeness (QED) is 0.0961. The molecule has 0 saturated carbocycles. The van der Waals surface area contributed by atoms with Gasteiger partial charge in [-0.15, -0.1) is 0 Å². The highest BCUT2D eigenvalue weighted by Crippen LogP contribution is 2.19. The number of carboxylic acid groups (broad SMARTS) is 2. The van der Waals surface area contributed by atoms with Gasteiger partial charge in [-0.1, -0.05) is 18.2 Å². The summed E-state index contributed by atoms with van der Waals surface area (Å²) in [6.45, 7) is 0. The Morgan fingerprint density at radius 2 is 1.32 bits per heavy atom. The monoisotopic (exact) mass is 575 g/mol. The van der Waals surface area contributed by atoms with Crippen LogP contribution in [0.15, 0.2) is 30.5 Å². The van der Waals surface area contributed by atoms with E-state index in [2.05, 4.69) is 20.9 Å². The Morgan fingerprint density at radius 1 is 0.780 bits per heavy atom. The van der Waals surface area contributed by atoms with E-state index in [1.807, 2.05) is 0 Å². The van der Waals surface area contributed by atoms with Gasteiger partial charge in [0.15, 0.2) is 0 Å². The molecule has 2 rings (SSSR count). The summed E-state index contributed by atoms with van der Waals surface area (Å²) in [5, 5.41) is 26.1. The lowest BCUT2D eigenvalue weighted by atomic mass is 10.0. The largest absolute Gasteiger partial charge is 0.481 e. The lowest BCUT2D eigenvalue weighted by Gasteiger charge is -2.25. The lowest BCUT2D eigenvalue weighted by Crippen LogP contribution is -2.57. The van der Waals surface area contributed by atoms with Crippen molar-refractivity contribution >= 4 is 52.4 Å². The standard InChI is InChI=1S/C25H33N7O9/c26-14(10-21(35)36)22(37)32-18(9-12-11-29-15-4-2-1-3-13(12)15)24(39)30-16(5-7-19(27)33)23(38)31-17(25(40)41)6-8-20(28)34/h1-4,11,14,16-18,29H,5-10,26H2,(H2,27,33)(H2,28,34)(H,30,39)(H,31,38)(H,32,37)(H,35,36)(H,40,41). The van der Waals surface area contributed by atoms with Gasteiger partial charge < -0.3 is 48.3 Å². The Morgan fingerprint density at radius 3 is 1.90 bits per heavy atom. The first kappa shape index (κ1) is 32.2. The number of nitrogens with one attached hydrogen (secondary N) is 4. The van der Waals surface area contributed by atoms with Crippen LogP contribution in [0.3, 0.4) is 0 Å². The van der Waals surface area contributed by atoms with E-state index in [-0.39, 0.29) is 32.1 Å². The van der Waals surface area contributed by atoms with Crippen molar-refractivity contribution in [2.75, 3.05) is 0 Å². The first-order valence-electron chi connectivity index (χ1n) is 12.5. The third kappa shape index (κ3) is 10.2. The SMILES string of the molecule is NC(=O)CCC(NC(=O)C(CCC(N)=O)NC(=O)C(Cc1c[nH]c2ccccc12)NC(=O)C(N)CC(=O)O)C(=O)O. The minimum atomic E-state index is -1.53. The summed E-state index contributed by atoms with van der Waals surface area (Å²) in [6.07, 6.45) is -0.553. The zero-order valence-electron chi connectivity index (χ0n) is 21.9. The topological polar surface area (TPSA) is 290 Å². The molecule has 0 spiro atoms. The predicted molar refractivity (Wildman–Crippen MR) is 143 cm³/mol. The van der Waals surface area contributed by atoms with Gasteiger partial charge in [0.1, 0.15) is 18.1 Å². The number of carboxylic acids is 2. The van der Waals surface area contributed by atoms with Crippen LogP contribution < -0.4 is 33.2 Å². The number of carbonyl (C=O) groups is 7. The van der Waals surface area contributed by atoms with Crippen molar-refractivity contribution in [3.8, 4) is 0 Å². The molecule has 0 fully saturated rings. The second-order valence-electron chi connectivity index (χ2n) is 9.30. The number of hydrogen-bond donors (Lipinski definition) is 9. The van der Waals surface area contributed by atoms with Crippen molar-refractivity contribution in [1.29, 1.82) is 0 Å². The normalized spacial score (nSPS) is 13.8. The molecule has 0 aliphatic carbocycles. The molecule has 0 bridgehead atoms. The van der Waals surface area contributed by atoms with Gasteiger partial charge in [0.05, 0.1) is 12.5 Å². The van der Waals surface area contributed by atoms with E-state index in [0.717, 1.165) is 10.9 Å². The predicted octanol–water partition coefficient (Wildman–Crippen LogP) is -2.42. The van der Waals surface area contributed by atoms with Crippen molar-refractivity contribution < 1.29 is 43.8 Å². The minimum absolute atomic E-state index is 0.109. The van der Waals surface area contributed by atoms with Crippen LogP contribution in [0, 0.1) is 0 Å². The number of carbonyl (C=O) groups excluding carboxylic acids is 5. The van der Waals surface area contributed by atoms with Gasteiger partial charge in [0, 0.05) is 36.4 Å². The highest BCUT2D eigenvalue weighted by Gasteiger charge is 2.31. The maximum absolute atomic E-state index is 13.4. The third-order valence-corrected chi connectivity index (χ3v) is 6.07. The molecule has 4 unspecified atom stereocenters. The summed E-state index contributed by atoms with van der Waals surface area (Å²) < 4.78 is 0. The van der Waals surface area contributed by atoms with Gasteiger partial charge in [-0.05, 0) is 24.5 Å². The van der Waals surface area contributed by atoms with E-state index in [1.165, 1.54) is 0 Å². The lowest BCUT2D eigenvalue weighted by molar-refractivity contribution is -0.142. The first-order valence-corrected chi connectivity index (χ1v) is 12.5. The van der Waals surface area contributed by atoms with Crippen LogP contribution >= 0.6 is 0 Å². The number of aromatic nitrogens is 1. The number of hydrogen-bond acceptors (Lipinski definition) is 8. The van der Waals surface area contributed by atoms with Crippen molar-refractivity contribution in [2.45, 2.75) is 62.7 Å². The van der Waals surface area contributed by atoms with Crippen molar-refractivity contribution in [1.82, 2.24) is 20.9 Å². The molecule has 0 aliphatic heterocycles. The Bertz CT molecular complexity index is 1310. The number of amides is 5. The Balaban J connectivity index is 2.31. The number of fused-ring (bicyclic) bond motifs is 1. The number of nitrogens with two attached hydrogens (primary N) is 3. The molecule has 1 aromatic heterocycles. The average Bonchev–Trinajstić information content (AvgIpc) is 3.30. The Kier molecular flexibility index (Phi) is 11.8. The second kappa shape index (κ2) is 15.0. The molecule has 0 aliphatic rings. The van der Waals surface area contributed by atoms with E-state index in [1.54, 1.807) is 30.5 Å². The molecular weight excluding hydrogens is 542 g/mol. The van der Waals surface area contributed by atoms with Crippen molar-refractivity contribution in [3.63, 3.8) is 0 Å². The van der Waals surface area contributed by atoms with Crippen molar-refractivity contribution in [2.24, 2.45) is 17.2 Å². The molecule has 1 aromatic carbocycles.